The number of piperidine rings is 1. The van der Waals surface area contributed by atoms with Crippen molar-refractivity contribution in [3.8, 4) is 0 Å². The van der Waals surface area contributed by atoms with Crippen LogP contribution in [0.25, 0.3) is 0 Å². The third kappa shape index (κ3) is 4.26. The zero-order valence-electron chi connectivity index (χ0n) is 12.3. The monoisotopic (exact) mass is 298 g/mol. The summed E-state index contributed by atoms with van der Waals surface area (Å²) in [7, 11) is -3.06. The standard InChI is InChI=1S/C14H22N2O3S/c1-11-8-13(9-12(2)15-11)10-19-14-4-6-16(7-5-14)20(3,17)18/h8-9,14H,4-7,10H2,1-3H3. The second-order valence-corrected chi connectivity index (χ2v) is 7.41. The molecule has 20 heavy (non-hydrogen) atoms. The third-order valence-corrected chi connectivity index (χ3v) is 4.80. The van der Waals surface area contributed by atoms with E-state index in [0.29, 0.717) is 19.7 Å². The molecular weight excluding hydrogens is 276 g/mol. The summed E-state index contributed by atoms with van der Waals surface area (Å²) in [6, 6.07) is 4.05. The number of aromatic nitrogens is 1. The van der Waals surface area contributed by atoms with Crippen molar-refractivity contribution in [3.05, 3.63) is 29.1 Å². The Morgan fingerprint density at radius 3 is 2.30 bits per heavy atom. The van der Waals surface area contributed by atoms with Crippen LogP contribution < -0.4 is 0 Å². The van der Waals surface area contributed by atoms with E-state index < -0.39 is 10.0 Å². The Labute approximate surface area is 121 Å². The maximum absolute atomic E-state index is 11.4. The lowest BCUT2D eigenvalue weighted by atomic mass is 10.1. The summed E-state index contributed by atoms with van der Waals surface area (Å²) in [5, 5.41) is 0. The number of pyridine rings is 1. The molecule has 1 aromatic heterocycles. The zero-order valence-corrected chi connectivity index (χ0v) is 13.1. The van der Waals surface area contributed by atoms with Gasteiger partial charge in [0.2, 0.25) is 10.0 Å². The smallest absolute Gasteiger partial charge is 0.211 e. The molecular formula is C14H22N2O3S. The number of hydrogen-bond acceptors (Lipinski definition) is 4. The fourth-order valence-corrected chi connectivity index (χ4v) is 3.42. The number of hydrogen-bond donors (Lipinski definition) is 0. The maximum Gasteiger partial charge on any atom is 0.211 e. The van der Waals surface area contributed by atoms with Crippen LogP contribution in [0.3, 0.4) is 0 Å². The van der Waals surface area contributed by atoms with E-state index in [2.05, 4.69) is 4.98 Å². The highest BCUT2D eigenvalue weighted by molar-refractivity contribution is 7.88. The van der Waals surface area contributed by atoms with Crippen molar-refractivity contribution >= 4 is 10.0 Å². The van der Waals surface area contributed by atoms with Gasteiger partial charge in [0.05, 0.1) is 19.0 Å². The van der Waals surface area contributed by atoms with Crippen molar-refractivity contribution in [2.45, 2.75) is 39.4 Å². The van der Waals surface area contributed by atoms with Crippen LogP contribution in [-0.2, 0) is 21.4 Å². The summed E-state index contributed by atoms with van der Waals surface area (Å²) in [4.78, 5) is 4.34. The Kier molecular flexibility index (Phi) is 4.78. The van der Waals surface area contributed by atoms with E-state index in [0.717, 1.165) is 29.8 Å². The zero-order chi connectivity index (χ0) is 14.8. The van der Waals surface area contributed by atoms with Crippen LogP contribution in [0.2, 0.25) is 0 Å². The first-order valence-corrected chi connectivity index (χ1v) is 8.70. The average Bonchev–Trinajstić information content (AvgIpc) is 2.35. The van der Waals surface area contributed by atoms with E-state index in [1.807, 2.05) is 26.0 Å². The van der Waals surface area contributed by atoms with Gasteiger partial charge in [-0.1, -0.05) is 0 Å². The summed E-state index contributed by atoms with van der Waals surface area (Å²) >= 11 is 0. The summed E-state index contributed by atoms with van der Waals surface area (Å²) in [5.41, 5.74) is 3.12. The topological polar surface area (TPSA) is 59.5 Å². The molecule has 1 saturated heterocycles. The largest absolute Gasteiger partial charge is 0.373 e. The highest BCUT2D eigenvalue weighted by atomic mass is 32.2. The Hall–Kier alpha value is -0.980. The molecule has 112 valence electrons. The molecule has 2 heterocycles. The van der Waals surface area contributed by atoms with Crippen molar-refractivity contribution < 1.29 is 13.2 Å². The average molecular weight is 298 g/mol. The number of nitrogens with zero attached hydrogens (tertiary/aromatic N) is 2. The van der Waals surface area contributed by atoms with Gasteiger partial charge in [-0.2, -0.15) is 0 Å². The Morgan fingerprint density at radius 1 is 1.25 bits per heavy atom. The third-order valence-electron chi connectivity index (χ3n) is 3.50. The number of aryl methyl sites for hydroxylation is 2. The van der Waals surface area contributed by atoms with E-state index in [1.54, 1.807) is 0 Å². The molecule has 1 aliphatic heterocycles. The molecule has 0 bridgehead atoms. The minimum absolute atomic E-state index is 0.141. The Balaban J connectivity index is 1.84. The first-order chi connectivity index (χ1) is 9.34. The minimum Gasteiger partial charge on any atom is -0.373 e. The lowest BCUT2D eigenvalue weighted by Crippen LogP contribution is -2.40. The Morgan fingerprint density at radius 2 is 1.80 bits per heavy atom. The van der Waals surface area contributed by atoms with E-state index in [1.165, 1.54) is 10.6 Å². The number of sulfonamides is 1. The van der Waals surface area contributed by atoms with Crippen LogP contribution in [-0.4, -0.2) is 43.2 Å². The second-order valence-electron chi connectivity index (χ2n) is 5.43. The molecule has 0 N–H and O–H groups in total. The fraction of sp³-hybridized carbons (Fsp3) is 0.643. The van der Waals surface area contributed by atoms with Crippen LogP contribution in [0.15, 0.2) is 12.1 Å². The van der Waals surface area contributed by atoms with Crippen molar-refractivity contribution in [1.82, 2.24) is 9.29 Å². The van der Waals surface area contributed by atoms with Gasteiger partial charge < -0.3 is 4.74 Å². The van der Waals surface area contributed by atoms with Gasteiger partial charge in [-0.05, 0) is 44.4 Å². The summed E-state index contributed by atoms with van der Waals surface area (Å²) in [6.45, 7) is 5.62. The van der Waals surface area contributed by atoms with E-state index in [4.69, 9.17) is 4.74 Å². The number of ether oxygens (including phenoxy) is 1. The van der Waals surface area contributed by atoms with Crippen LogP contribution >= 0.6 is 0 Å². The molecule has 0 radical (unpaired) electrons. The molecule has 6 heteroatoms. The first-order valence-electron chi connectivity index (χ1n) is 6.85. The van der Waals surface area contributed by atoms with E-state index >= 15 is 0 Å². The number of rotatable bonds is 4. The normalized spacial score (nSPS) is 18.4. The lowest BCUT2D eigenvalue weighted by Gasteiger charge is -2.30. The van der Waals surface area contributed by atoms with Gasteiger partial charge in [-0.25, -0.2) is 12.7 Å². The van der Waals surface area contributed by atoms with Gasteiger partial charge in [-0.3, -0.25) is 4.98 Å². The summed E-state index contributed by atoms with van der Waals surface area (Å²) < 4.78 is 30.3. The SMILES string of the molecule is Cc1cc(COC2CCN(S(C)(=O)=O)CC2)cc(C)n1. The molecule has 0 aromatic carbocycles. The van der Waals surface area contributed by atoms with Gasteiger partial charge in [0.25, 0.3) is 0 Å². The van der Waals surface area contributed by atoms with Crippen molar-refractivity contribution in [2.24, 2.45) is 0 Å². The molecule has 0 atom stereocenters. The molecule has 0 unspecified atom stereocenters. The van der Waals surface area contributed by atoms with Gasteiger partial charge in [0.1, 0.15) is 0 Å². The van der Waals surface area contributed by atoms with Crippen LogP contribution in [0.5, 0.6) is 0 Å². The highest BCUT2D eigenvalue weighted by Crippen LogP contribution is 2.18. The quantitative estimate of drug-likeness (QED) is 0.848. The minimum atomic E-state index is -3.06. The van der Waals surface area contributed by atoms with Crippen LogP contribution in [0.4, 0.5) is 0 Å². The van der Waals surface area contributed by atoms with Crippen molar-refractivity contribution in [1.29, 1.82) is 0 Å². The first kappa shape index (κ1) is 15.4. The summed E-state index contributed by atoms with van der Waals surface area (Å²) in [6.07, 6.45) is 2.92. The Bertz CT molecular complexity index is 544. The van der Waals surface area contributed by atoms with E-state index in [9.17, 15) is 8.42 Å². The highest BCUT2D eigenvalue weighted by Gasteiger charge is 2.25. The van der Waals surface area contributed by atoms with E-state index in [-0.39, 0.29) is 6.10 Å². The second kappa shape index (κ2) is 6.20. The molecule has 0 spiro atoms. The molecule has 1 aromatic rings. The van der Waals surface area contributed by atoms with Gasteiger partial charge in [0.15, 0.2) is 0 Å². The predicted octanol–water partition coefficient (Wildman–Crippen LogP) is 1.64. The van der Waals surface area contributed by atoms with Crippen LogP contribution in [0, 0.1) is 13.8 Å². The molecule has 0 amide bonds. The van der Waals surface area contributed by atoms with Crippen molar-refractivity contribution in [2.75, 3.05) is 19.3 Å². The molecule has 1 fully saturated rings. The molecule has 0 aliphatic carbocycles. The van der Waals surface area contributed by atoms with Gasteiger partial charge in [-0.15, -0.1) is 0 Å². The van der Waals surface area contributed by atoms with Crippen LogP contribution in [0.1, 0.15) is 29.8 Å². The lowest BCUT2D eigenvalue weighted by molar-refractivity contribution is 0.0102. The molecule has 2 rings (SSSR count). The molecule has 0 saturated carbocycles. The van der Waals surface area contributed by atoms with Gasteiger partial charge in [0, 0.05) is 24.5 Å². The maximum atomic E-state index is 11.4. The predicted molar refractivity (Wildman–Crippen MR) is 77.9 cm³/mol. The molecule has 5 nitrogen and oxygen atoms in total. The molecule has 1 aliphatic rings. The fourth-order valence-electron chi connectivity index (χ4n) is 2.55. The van der Waals surface area contributed by atoms with Crippen molar-refractivity contribution in [3.63, 3.8) is 0 Å². The summed E-state index contributed by atoms with van der Waals surface area (Å²) in [5.74, 6) is 0. The van der Waals surface area contributed by atoms with Gasteiger partial charge >= 0.3 is 0 Å².